The van der Waals surface area contributed by atoms with Crippen molar-refractivity contribution in [2.45, 2.75) is 32.2 Å². The lowest BCUT2D eigenvalue weighted by molar-refractivity contribution is -0.122. The van der Waals surface area contributed by atoms with Gasteiger partial charge in [0.25, 0.3) is 0 Å². The Morgan fingerprint density at radius 3 is 2.53 bits per heavy atom. The molecule has 0 radical (unpaired) electrons. The first-order chi connectivity index (χ1) is 8.08. The van der Waals surface area contributed by atoms with Gasteiger partial charge in [-0.2, -0.15) is 0 Å². The maximum Gasteiger partial charge on any atom is 0.237 e. The summed E-state index contributed by atoms with van der Waals surface area (Å²) >= 11 is 0. The van der Waals surface area contributed by atoms with Gasteiger partial charge in [-0.15, -0.1) is 0 Å². The van der Waals surface area contributed by atoms with Crippen LogP contribution in [0.15, 0.2) is 24.3 Å². The van der Waals surface area contributed by atoms with Crippen molar-refractivity contribution in [1.29, 1.82) is 0 Å². The molecular weight excluding hydrogens is 212 g/mol. The number of hydrogen-bond donors (Lipinski definition) is 2. The van der Waals surface area contributed by atoms with Gasteiger partial charge in [-0.1, -0.05) is 38.1 Å². The second kappa shape index (κ2) is 6.40. The van der Waals surface area contributed by atoms with E-state index in [1.54, 1.807) is 7.05 Å². The van der Waals surface area contributed by atoms with E-state index in [0.29, 0.717) is 5.92 Å². The van der Waals surface area contributed by atoms with Crippen molar-refractivity contribution in [2.75, 3.05) is 14.1 Å². The molecule has 94 valence electrons. The summed E-state index contributed by atoms with van der Waals surface area (Å²) in [5.74, 6) is 0.547. The summed E-state index contributed by atoms with van der Waals surface area (Å²) in [6.45, 7) is 4.35. The van der Waals surface area contributed by atoms with Crippen LogP contribution in [0, 0.1) is 0 Å². The number of benzene rings is 1. The normalized spacial score (nSPS) is 12.5. The lowest BCUT2D eigenvalue weighted by Crippen LogP contribution is -2.42. The first kappa shape index (κ1) is 13.7. The molecule has 0 saturated carbocycles. The van der Waals surface area contributed by atoms with Gasteiger partial charge >= 0.3 is 0 Å². The van der Waals surface area contributed by atoms with Gasteiger partial charge in [0.1, 0.15) is 0 Å². The molecular formula is C14H22N2O. The second-order valence-electron chi connectivity index (χ2n) is 4.56. The predicted octanol–water partition coefficient (Wildman–Crippen LogP) is 1.69. The lowest BCUT2D eigenvalue weighted by atomic mass is 9.97. The molecule has 1 aromatic carbocycles. The minimum atomic E-state index is -0.164. The van der Waals surface area contributed by atoms with E-state index in [2.05, 4.69) is 48.7 Å². The van der Waals surface area contributed by atoms with E-state index in [1.165, 1.54) is 11.1 Å². The zero-order valence-electron chi connectivity index (χ0n) is 11.1. The van der Waals surface area contributed by atoms with Gasteiger partial charge in [-0.05, 0) is 30.5 Å². The number of amides is 1. The Bertz CT molecular complexity index is 374. The van der Waals surface area contributed by atoms with Crippen LogP contribution in [0.1, 0.15) is 30.9 Å². The van der Waals surface area contributed by atoms with E-state index in [-0.39, 0.29) is 11.9 Å². The lowest BCUT2D eigenvalue weighted by Gasteiger charge is -2.15. The van der Waals surface area contributed by atoms with Crippen LogP contribution in [0.2, 0.25) is 0 Å². The van der Waals surface area contributed by atoms with E-state index in [0.717, 1.165) is 6.42 Å². The fraction of sp³-hybridized carbons (Fsp3) is 0.500. The highest BCUT2D eigenvalue weighted by molar-refractivity contribution is 5.81. The highest BCUT2D eigenvalue weighted by Crippen LogP contribution is 2.16. The van der Waals surface area contributed by atoms with Crippen molar-refractivity contribution in [3.8, 4) is 0 Å². The third kappa shape index (κ3) is 3.86. The van der Waals surface area contributed by atoms with E-state index >= 15 is 0 Å². The van der Waals surface area contributed by atoms with Crippen molar-refractivity contribution < 1.29 is 4.79 Å². The Morgan fingerprint density at radius 2 is 2.00 bits per heavy atom. The number of carbonyl (C=O) groups excluding carboxylic acids is 1. The Labute approximate surface area is 104 Å². The molecule has 1 rings (SSSR count). The number of likely N-dealkylation sites (N-methyl/N-ethyl adjacent to an activating group) is 2. The third-order valence-corrected chi connectivity index (χ3v) is 2.97. The smallest absolute Gasteiger partial charge is 0.237 e. The molecule has 0 fully saturated rings. The molecule has 17 heavy (non-hydrogen) atoms. The maximum atomic E-state index is 11.6. The van der Waals surface area contributed by atoms with Crippen LogP contribution in [-0.4, -0.2) is 26.0 Å². The molecule has 0 aromatic heterocycles. The number of hydrogen-bond acceptors (Lipinski definition) is 2. The summed E-state index contributed by atoms with van der Waals surface area (Å²) in [5, 5.41) is 5.71. The quantitative estimate of drug-likeness (QED) is 0.814. The molecule has 3 heteroatoms. The van der Waals surface area contributed by atoms with Crippen molar-refractivity contribution in [1.82, 2.24) is 10.6 Å². The van der Waals surface area contributed by atoms with Crippen molar-refractivity contribution >= 4 is 5.91 Å². The predicted molar refractivity (Wildman–Crippen MR) is 71.1 cm³/mol. The molecule has 1 unspecified atom stereocenters. The number of carbonyl (C=O) groups is 1. The van der Waals surface area contributed by atoms with Crippen LogP contribution >= 0.6 is 0 Å². The minimum absolute atomic E-state index is 0.0300. The SMILES string of the molecule is CNC(=O)C(Cc1cccc(C(C)C)c1)NC. The topological polar surface area (TPSA) is 41.1 Å². The van der Waals surface area contributed by atoms with Gasteiger partial charge in [0.15, 0.2) is 0 Å². The molecule has 0 aliphatic carbocycles. The molecule has 0 bridgehead atoms. The molecule has 3 nitrogen and oxygen atoms in total. The molecule has 0 spiro atoms. The summed E-state index contributed by atoms with van der Waals surface area (Å²) < 4.78 is 0. The average molecular weight is 234 g/mol. The van der Waals surface area contributed by atoms with Gasteiger partial charge in [0.05, 0.1) is 6.04 Å². The van der Waals surface area contributed by atoms with Gasteiger partial charge in [-0.3, -0.25) is 4.79 Å². The fourth-order valence-corrected chi connectivity index (χ4v) is 1.81. The Hall–Kier alpha value is -1.35. The van der Waals surface area contributed by atoms with E-state index in [9.17, 15) is 4.79 Å². The molecule has 2 N–H and O–H groups in total. The zero-order valence-corrected chi connectivity index (χ0v) is 11.1. The summed E-state index contributed by atoms with van der Waals surface area (Å²) in [6.07, 6.45) is 0.719. The van der Waals surface area contributed by atoms with Gasteiger partial charge in [0, 0.05) is 7.05 Å². The van der Waals surface area contributed by atoms with Crippen molar-refractivity contribution in [2.24, 2.45) is 0 Å². The fourth-order valence-electron chi connectivity index (χ4n) is 1.81. The van der Waals surface area contributed by atoms with Gasteiger partial charge < -0.3 is 10.6 Å². The van der Waals surface area contributed by atoms with Gasteiger partial charge in [0.2, 0.25) is 5.91 Å². The highest BCUT2D eigenvalue weighted by Gasteiger charge is 2.15. The minimum Gasteiger partial charge on any atom is -0.358 e. The summed E-state index contributed by atoms with van der Waals surface area (Å²) in [6, 6.07) is 8.27. The Morgan fingerprint density at radius 1 is 1.29 bits per heavy atom. The molecule has 0 saturated heterocycles. The largest absolute Gasteiger partial charge is 0.358 e. The van der Waals surface area contributed by atoms with E-state index < -0.39 is 0 Å². The standard InChI is InChI=1S/C14H22N2O/c1-10(2)12-7-5-6-11(8-12)9-13(15-3)14(17)16-4/h5-8,10,13,15H,9H2,1-4H3,(H,16,17). The van der Waals surface area contributed by atoms with E-state index in [1.807, 2.05) is 7.05 Å². The molecule has 0 heterocycles. The van der Waals surface area contributed by atoms with Gasteiger partial charge in [-0.25, -0.2) is 0 Å². The van der Waals surface area contributed by atoms with Crippen LogP contribution in [-0.2, 0) is 11.2 Å². The first-order valence-corrected chi connectivity index (χ1v) is 6.06. The number of rotatable bonds is 5. The van der Waals surface area contributed by atoms with Crippen molar-refractivity contribution in [3.63, 3.8) is 0 Å². The van der Waals surface area contributed by atoms with Crippen LogP contribution in [0.25, 0.3) is 0 Å². The van der Waals surface area contributed by atoms with Crippen molar-refractivity contribution in [3.05, 3.63) is 35.4 Å². The average Bonchev–Trinajstić information content (AvgIpc) is 2.35. The van der Waals surface area contributed by atoms with Crippen LogP contribution < -0.4 is 10.6 Å². The van der Waals surface area contributed by atoms with Crippen LogP contribution in [0.3, 0.4) is 0 Å². The summed E-state index contributed by atoms with van der Waals surface area (Å²) in [7, 11) is 3.48. The molecule has 1 atom stereocenters. The first-order valence-electron chi connectivity index (χ1n) is 6.06. The highest BCUT2D eigenvalue weighted by atomic mass is 16.2. The summed E-state index contributed by atoms with van der Waals surface area (Å²) in [5.41, 5.74) is 2.51. The summed E-state index contributed by atoms with van der Waals surface area (Å²) in [4.78, 5) is 11.6. The maximum absolute atomic E-state index is 11.6. The molecule has 1 aromatic rings. The van der Waals surface area contributed by atoms with E-state index in [4.69, 9.17) is 0 Å². The molecule has 0 aliphatic rings. The third-order valence-electron chi connectivity index (χ3n) is 2.97. The monoisotopic (exact) mass is 234 g/mol. The molecule has 0 aliphatic heterocycles. The van der Waals surface area contributed by atoms with Crippen LogP contribution in [0.4, 0.5) is 0 Å². The molecule has 1 amide bonds. The Balaban J connectivity index is 2.79. The second-order valence-corrected chi connectivity index (χ2v) is 4.56. The number of nitrogens with one attached hydrogen (secondary N) is 2. The zero-order chi connectivity index (χ0) is 12.8. The Kier molecular flexibility index (Phi) is 5.16. The van der Waals surface area contributed by atoms with Crippen LogP contribution in [0.5, 0.6) is 0 Å².